The van der Waals surface area contributed by atoms with Crippen molar-refractivity contribution in [2.24, 2.45) is 4.99 Å². The lowest BCUT2D eigenvalue weighted by molar-refractivity contribution is 0.0891. The van der Waals surface area contributed by atoms with Gasteiger partial charge in [0.25, 0.3) is 0 Å². The third kappa shape index (κ3) is 6.36. The van der Waals surface area contributed by atoms with E-state index in [0.29, 0.717) is 52.6 Å². The van der Waals surface area contributed by atoms with E-state index in [0.717, 1.165) is 11.1 Å². The first kappa shape index (κ1) is 35.1. The Morgan fingerprint density at radius 2 is 1.60 bits per heavy atom. The number of halogens is 2. The van der Waals surface area contributed by atoms with Gasteiger partial charge in [0.2, 0.25) is 5.88 Å². The van der Waals surface area contributed by atoms with Gasteiger partial charge in [-0.05, 0) is 75.9 Å². The van der Waals surface area contributed by atoms with Gasteiger partial charge in [-0.1, -0.05) is 68.2 Å². The molecule has 3 aromatic rings. The first-order chi connectivity index (χ1) is 21.9. The Morgan fingerprint density at radius 3 is 2.11 bits per heavy atom. The number of amidine groups is 1. The van der Waals surface area contributed by atoms with Gasteiger partial charge in [-0.25, -0.2) is 18.2 Å². The number of ether oxygens (including phenoxy) is 1. The van der Waals surface area contributed by atoms with E-state index in [1.807, 2.05) is 84.9 Å². The van der Waals surface area contributed by atoms with Crippen LogP contribution >= 0.6 is 23.2 Å². The fourth-order valence-electron chi connectivity index (χ4n) is 6.63. The molecule has 2 amide bonds. The number of likely N-dealkylation sites (tertiary alicyclic amines) is 1. The Kier molecular flexibility index (Phi) is 9.47. The number of nitrogens with zero attached hydrogens (tertiary/aromatic N) is 5. The number of aromatic nitrogens is 2. The molecule has 9 nitrogen and oxygen atoms in total. The van der Waals surface area contributed by atoms with E-state index < -0.39 is 26.2 Å². The average molecular weight is 701 g/mol. The molecule has 5 rings (SSSR count). The van der Waals surface area contributed by atoms with Gasteiger partial charge in [0.15, 0.2) is 0 Å². The van der Waals surface area contributed by atoms with Gasteiger partial charge in [-0.2, -0.15) is 4.98 Å². The second-order valence-electron chi connectivity index (χ2n) is 13.8. The molecular formula is C35H43Cl2N5O4S. The van der Waals surface area contributed by atoms with Crippen molar-refractivity contribution in [3.8, 4) is 5.88 Å². The number of hydrogen-bond donors (Lipinski definition) is 0. The molecule has 1 aromatic heterocycles. The van der Waals surface area contributed by atoms with E-state index in [1.54, 1.807) is 28.1 Å². The van der Waals surface area contributed by atoms with Crippen LogP contribution in [0.5, 0.6) is 5.88 Å². The molecule has 47 heavy (non-hydrogen) atoms. The minimum Gasteiger partial charge on any atom is -0.477 e. The Hall–Kier alpha value is -3.21. The van der Waals surface area contributed by atoms with Crippen molar-refractivity contribution in [2.45, 2.75) is 89.1 Å². The average Bonchev–Trinajstić information content (AvgIpc) is 3.24. The van der Waals surface area contributed by atoms with Crippen LogP contribution in [0, 0.1) is 0 Å². The summed E-state index contributed by atoms with van der Waals surface area (Å²) in [5.41, 5.74) is -0.401. The molecule has 0 radical (unpaired) electrons. The molecule has 12 heteroatoms. The van der Waals surface area contributed by atoms with E-state index in [1.165, 1.54) is 6.26 Å². The molecule has 252 valence electrons. The zero-order valence-electron chi connectivity index (χ0n) is 28.2. The molecule has 0 saturated carbocycles. The highest BCUT2D eigenvalue weighted by atomic mass is 35.5. The second-order valence-corrected chi connectivity index (χ2v) is 17.0. The lowest BCUT2D eigenvalue weighted by Gasteiger charge is -2.48. The minimum atomic E-state index is -3.27. The monoisotopic (exact) mass is 699 g/mol. The van der Waals surface area contributed by atoms with Gasteiger partial charge >= 0.3 is 6.03 Å². The Bertz CT molecular complexity index is 1790. The van der Waals surface area contributed by atoms with Crippen LogP contribution < -0.4 is 4.74 Å². The quantitative estimate of drug-likeness (QED) is 0.266. The van der Waals surface area contributed by atoms with Crippen molar-refractivity contribution in [3.63, 3.8) is 0 Å². The maximum Gasteiger partial charge on any atom is 0.326 e. The zero-order chi connectivity index (χ0) is 34.5. The fourth-order valence-corrected chi connectivity index (χ4v) is 8.04. The van der Waals surface area contributed by atoms with Gasteiger partial charge in [0, 0.05) is 40.5 Å². The number of aliphatic imine (C=N–C) groups is 1. The van der Waals surface area contributed by atoms with Crippen LogP contribution in [0.15, 0.2) is 59.7 Å². The van der Waals surface area contributed by atoms with Crippen LogP contribution in [0.4, 0.5) is 4.79 Å². The molecule has 2 aliphatic heterocycles. The van der Waals surface area contributed by atoms with Gasteiger partial charge < -0.3 is 9.64 Å². The first-order valence-corrected chi connectivity index (χ1v) is 18.5. The number of piperidine rings is 1. The molecule has 0 bridgehead atoms. The van der Waals surface area contributed by atoms with E-state index in [9.17, 15) is 8.42 Å². The number of rotatable bonds is 6. The van der Waals surface area contributed by atoms with Gasteiger partial charge in [-0.15, -0.1) is 0 Å². The summed E-state index contributed by atoms with van der Waals surface area (Å²) in [5, 5.41) is 0.620. The number of urea groups is 1. The van der Waals surface area contributed by atoms with E-state index >= 15 is 4.79 Å². The van der Waals surface area contributed by atoms with Crippen molar-refractivity contribution >= 4 is 44.9 Å². The lowest BCUT2D eigenvalue weighted by Crippen LogP contribution is -2.61. The summed E-state index contributed by atoms with van der Waals surface area (Å²) in [4.78, 5) is 33.6. The van der Waals surface area contributed by atoms with Crippen LogP contribution in [0.1, 0.15) is 83.8 Å². The highest BCUT2D eigenvalue weighted by Gasteiger charge is 2.60. The topological polar surface area (TPSA) is 105 Å². The molecular weight excluding hydrogens is 657 g/mol. The number of hydrogen-bond acceptors (Lipinski definition) is 7. The normalized spacial score (nSPS) is 25.1. The van der Waals surface area contributed by atoms with Gasteiger partial charge in [0.05, 0.1) is 17.4 Å². The molecule has 0 N–H and O–H groups in total. The minimum absolute atomic E-state index is 0.271. The van der Waals surface area contributed by atoms with Crippen molar-refractivity contribution in [1.82, 2.24) is 19.8 Å². The number of sulfone groups is 1. The molecule has 1 fully saturated rings. The number of carbonyl (C=O) groups excluding carboxylic acids is 1. The maximum absolute atomic E-state index is 15.2. The maximum atomic E-state index is 15.2. The third-order valence-corrected chi connectivity index (χ3v) is 11.7. The Labute approximate surface area is 288 Å². The van der Waals surface area contributed by atoms with Crippen LogP contribution in [-0.2, 0) is 26.3 Å². The SMILES string of the molecule is CCOc1nc(C(C)(C)C)ncc1C1=N[C@@](C)(c2ccc(Cl)cc2)[C@@](C)(c2ccc(Cl)cc2)N1C(=O)N1CCC(S(C)(=O)=O)CC1C. The summed E-state index contributed by atoms with van der Waals surface area (Å²) in [7, 11) is -3.27. The van der Waals surface area contributed by atoms with Gasteiger partial charge in [0.1, 0.15) is 32.6 Å². The molecule has 2 unspecified atom stereocenters. The molecule has 4 atom stereocenters. The van der Waals surface area contributed by atoms with E-state index in [2.05, 4.69) is 0 Å². The number of amides is 2. The third-order valence-electron chi connectivity index (χ3n) is 9.57. The smallest absolute Gasteiger partial charge is 0.326 e. The lowest BCUT2D eigenvalue weighted by atomic mass is 9.71. The fraction of sp³-hybridized carbons (Fsp3) is 0.486. The summed E-state index contributed by atoms with van der Waals surface area (Å²) >= 11 is 12.7. The highest BCUT2D eigenvalue weighted by molar-refractivity contribution is 7.91. The van der Waals surface area contributed by atoms with Crippen LogP contribution in [0.25, 0.3) is 0 Å². The summed E-state index contributed by atoms with van der Waals surface area (Å²) in [5.74, 6) is 1.27. The van der Waals surface area contributed by atoms with Gasteiger partial charge in [-0.3, -0.25) is 9.89 Å². The summed E-state index contributed by atoms with van der Waals surface area (Å²) in [6, 6.07) is 14.3. The van der Waals surface area contributed by atoms with Crippen molar-refractivity contribution in [2.75, 3.05) is 19.4 Å². The summed E-state index contributed by atoms with van der Waals surface area (Å²) < 4.78 is 31.1. The van der Waals surface area contributed by atoms with Crippen molar-refractivity contribution < 1.29 is 17.9 Å². The number of benzene rings is 2. The van der Waals surface area contributed by atoms with Crippen LogP contribution in [0.3, 0.4) is 0 Å². The second kappa shape index (κ2) is 12.7. The van der Waals surface area contributed by atoms with Crippen molar-refractivity contribution in [1.29, 1.82) is 0 Å². The molecule has 2 aromatic carbocycles. The molecule has 3 heterocycles. The van der Waals surface area contributed by atoms with Crippen LogP contribution in [0.2, 0.25) is 10.0 Å². The van der Waals surface area contributed by atoms with Crippen molar-refractivity contribution in [3.05, 3.63) is 87.3 Å². The molecule has 1 saturated heterocycles. The van der Waals surface area contributed by atoms with E-state index in [-0.39, 0.29) is 24.0 Å². The molecule has 0 spiro atoms. The van der Waals surface area contributed by atoms with Crippen LogP contribution in [-0.4, -0.2) is 70.8 Å². The summed E-state index contributed by atoms with van der Waals surface area (Å²) in [6.45, 7) is 14.5. The Morgan fingerprint density at radius 1 is 1.02 bits per heavy atom. The molecule has 2 aliphatic rings. The van der Waals surface area contributed by atoms with E-state index in [4.69, 9.17) is 42.9 Å². The zero-order valence-corrected chi connectivity index (χ0v) is 30.5. The standard InChI is InChI=1S/C35H43Cl2N5O4S/c1-9-46-30-28(21-38-31(39-30)33(3,4)5)29-40-34(6,23-10-14-25(36)15-11-23)35(7,24-12-16-26(37)17-13-24)42(29)32(43)41-19-18-27(20-22(41)2)47(8,44)45/h10-17,21-22,27H,9,18-20H2,1-8H3/t22?,27?,34-,35+/m0/s1. The summed E-state index contributed by atoms with van der Waals surface area (Å²) in [6.07, 6.45) is 3.63. The Balaban J connectivity index is 1.78. The largest absolute Gasteiger partial charge is 0.477 e. The predicted molar refractivity (Wildman–Crippen MR) is 187 cm³/mol. The molecule has 0 aliphatic carbocycles. The highest BCUT2D eigenvalue weighted by Crippen LogP contribution is 2.54. The number of carbonyl (C=O) groups is 1. The first-order valence-electron chi connectivity index (χ1n) is 15.8. The predicted octanol–water partition coefficient (Wildman–Crippen LogP) is 7.39.